The second kappa shape index (κ2) is 4.65. The lowest BCUT2D eigenvalue weighted by molar-refractivity contribution is -1.00. The zero-order valence-corrected chi connectivity index (χ0v) is 33.0. The van der Waals surface area contributed by atoms with Gasteiger partial charge in [-0.15, -0.1) is 0 Å². The number of rotatable bonds is 0. The van der Waals surface area contributed by atoms with Crippen molar-refractivity contribution in [3.63, 3.8) is 0 Å². The molecule has 0 aromatic rings. The molecule has 0 bridgehead atoms. The summed E-state index contributed by atoms with van der Waals surface area (Å²) in [6, 6.07) is 0. The van der Waals surface area contributed by atoms with Crippen molar-refractivity contribution in [1.29, 1.82) is 0 Å². The molecule has 13 aliphatic rings. The van der Waals surface area contributed by atoms with E-state index in [0.717, 1.165) is 11.8 Å². The van der Waals surface area contributed by atoms with Crippen LogP contribution in [0, 0.1) is 120 Å². The Labute approximate surface area is 275 Å². The fraction of sp³-hybridized carbons (Fsp3) is 1.00. The molecule has 45 heavy (non-hydrogen) atoms. The maximum Gasteiger partial charge on any atom is 0.131 e. The Kier molecular flexibility index (Phi) is 2.87. The van der Waals surface area contributed by atoms with Crippen molar-refractivity contribution < 1.29 is 4.39 Å². The lowest BCUT2D eigenvalue weighted by atomic mass is 8.58. The summed E-state index contributed by atoms with van der Waals surface area (Å²) in [6.07, 6.45) is 0. The van der Waals surface area contributed by atoms with Gasteiger partial charge in [-0.2, -0.15) is 0 Å². The molecule has 0 aliphatic heterocycles. The minimum absolute atomic E-state index is 0.0492. The van der Waals surface area contributed by atoms with Gasteiger partial charge in [-0.1, -0.05) is 145 Å². The van der Waals surface area contributed by atoms with E-state index in [1.165, 1.54) is 0 Å². The summed E-state index contributed by atoms with van der Waals surface area (Å²) < 4.78 is 20.2. The Hall–Kier alpha value is -0.0700. The lowest BCUT2D eigenvalue weighted by Crippen LogP contribution is -3.45. The summed E-state index contributed by atoms with van der Waals surface area (Å²) in [5.41, 5.74) is 2.01. The Bertz CT molecular complexity index is 1850. The van der Waals surface area contributed by atoms with E-state index in [4.69, 9.17) is 0 Å². The van der Waals surface area contributed by atoms with Crippen LogP contribution in [0.1, 0.15) is 145 Å². The molecule has 1 heteroatoms. The van der Waals surface area contributed by atoms with E-state index in [0.29, 0.717) is 21.7 Å². The third-order valence-electron chi connectivity index (χ3n) is 29.7. The van der Waals surface area contributed by atoms with E-state index in [2.05, 4.69) is 132 Å². The second-order valence-corrected chi connectivity index (χ2v) is 24.1. The molecular weight excluding hydrogens is 547 g/mol. The molecule has 13 fully saturated rings. The van der Waals surface area contributed by atoms with Crippen molar-refractivity contribution in [3.8, 4) is 0 Å². The standard InChI is InChI=1S/C42H59F.C2H6/c1-20-21(2)36-24(7,8)29(13)35(19)40-32(16,30(14,25(20,36)9)38(29,36)40)33(17)31(15)27(11)22(3,4)26(10)23(5,6)28(12)34(18)39(31,37(26,27)28)41(33,40)42(34,35)43;1-2/h20-21H,1-19H3;1-2H3. The van der Waals surface area contributed by atoms with Gasteiger partial charge >= 0.3 is 0 Å². The molecule has 20 atom stereocenters. The maximum atomic E-state index is 20.2. The Morgan fingerprint density at radius 3 is 1.16 bits per heavy atom. The van der Waals surface area contributed by atoms with Crippen LogP contribution in [0.2, 0.25) is 0 Å². The molecule has 6 spiro atoms. The third kappa shape index (κ3) is 0.836. The summed E-state index contributed by atoms with van der Waals surface area (Å²) in [6.45, 7) is 55.2. The molecular formula is C44H65F. The molecule has 13 aliphatic carbocycles. The van der Waals surface area contributed by atoms with E-state index < -0.39 is 5.67 Å². The molecule has 20 unspecified atom stereocenters. The Balaban J connectivity index is 0.00000119. The van der Waals surface area contributed by atoms with E-state index in [1.54, 1.807) is 0 Å². The largest absolute Gasteiger partial charge is 0.242 e. The molecule has 0 heterocycles. The van der Waals surface area contributed by atoms with Crippen molar-refractivity contribution in [2.75, 3.05) is 0 Å². The first-order chi connectivity index (χ1) is 20.1. The summed E-state index contributed by atoms with van der Waals surface area (Å²) >= 11 is 0. The highest BCUT2D eigenvalue weighted by Crippen LogP contribution is 3.47. The van der Waals surface area contributed by atoms with E-state index in [-0.39, 0.29) is 86.6 Å². The Morgan fingerprint density at radius 1 is 0.333 bits per heavy atom. The van der Waals surface area contributed by atoms with E-state index in [1.807, 2.05) is 13.8 Å². The molecule has 248 valence electrons. The van der Waals surface area contributed by atoms with Crippen LogP contribution < -0.4 is 0 Å². The van der Waals surface area contributed by atoms with Gasteiger partial charge in [0.05, 0.1) is 0 Å². The van der Waals surface area contributed by atoms with Crippen molar-refractivity contribution in [1.82, 2.24) is 0 Å². The van der Waals surface area contributed by atoms with E-state index >= 15 is 4.39 Å². The first kappa shape index (κ1) is 27.7. The molecule has 13 saturated carbocycles. The fourth-order valence-corrected chi connectivity index (χ4v) is 31.3. The van der Waals surface area contributed by atoms with Crippen LogP contribution in [-0.4, -0.2) is 5.67 Å². The number of hydrogen-bond donors (Lipinski definition) is 0. The zero-order chi connectivity index (χ0) is 33.7. The first-order valence-corrected chi connectivity index (χ1v) is 19.8. The monoisotopic (exact) mass is 613 g/mol. The molecule has 0 N–H and O–H groups in total. The molecule has 0 radical (unpaired) electrons. The number of hydrogen-bond acceptors (Lipinski definition) is 0. The summed E-state index contributed by atoms with van der Waals surface area (Å²) in [4.78, 5) is 0. The third-order valence-corrected chi connectivity index (χ3v) is 29.7. The van der Waals surface area contributed by atoms with Gasteiger partial charge in [-0.3, -0.25) is 0 Å². The van der Waals surface area contributed by atoms with Crippen molar-refractivity contribution in [2.24, 2.45) is 120 Å². The highest BCUT2D eigenvalue weighted by Gasteiger charge is 3.48. The fourth-order valence-electron chi connectivity index (χ4n) is 31.3. The lowest BCUT2D eigenvalue weighted by Gasteiger charge is -3.44. The average Bonchev–Trinajstić information content (AvgIpc) is 2.99. The predicted octanol–water partition coefficient (Wildman–Crippen LogP) is 11.2. The van der Waals surface area contributed by atoms with Crippen LogP contribution in [-0.2, 0) is 0 Å². The van der Waals surface area contributed by atoms with Crippen LogP contribution in [0.5, 0.6) is 0 Å². The van der Waals surface area contributed by atoms with Crippen LogP contribution in [0.15, 0.2) is 0 Å². The van der Waals surface area contributed by atoms with Crippen molar-refractivity contribution in [3.05, 3.63) is 0 Å². The molecule has 0 nitrogen and oxygen atoms in total. The molecule has 13 rings (SSSR count). The Morgan fingerprint density at radius 2 is 0.689 bits per heavy atom. The molecule has 0 aromatic heterocycles. The van der Waals surface area contributed by atoms with Gasteiger partial charge in [0.1, 0.15) is 5.67 Å². The van der Waals surface area contributed by atoms with Gasteiger partial charge in [0, 0.05) is 27.1 Å². The van der Waals surface area contributed by atoms with Crippen LogP contribution in [0.4, 0.5) is 4.39 Å². The van der Waals surface area contributed by atoms with Gasteiger partial charge in [-0.25, -0.2) is 4.39 Å². The predicted molar refractivity (Wildman–Crippen MR) is 179 cm³/mol. The molecule has 0 saturated heterocycles. The smallest absolute Gasteiger partial charge is 0.131 e. The van der Waals surface area contributed by atoms with Gasteiger partial charge in [0.25, 0.3) is 0 Å². The summed E-state index contributed by atoms with van der Waals surface area (Å²) in [5.74, 6) is 1.50. The SMILES string of the molecule is CC.CC1C(C)C23C(C)(C)C4(C)C5(C)C6(F)C7(C)C8(C)C(C)(C)C9(C)C(C)(C)C%10(C)C%11(C)C%12(C)C%13(C)C(C)(C12C)C43C%135C%126C%117C9%108. The highest BCUT2D eigenvalue weighted by atomic mass is 19.1. The topological polar surface area (TPSA) is 0 Å². The van der Waals surface area contributed by atoms with Crippen molar-refractivity contribution in [2.45, 2.75) is 151 Å². The maximum absolute atomic E-state index is 20.2. The summed E-state index contributed by atoms with van der Waals surface area (Å²) in [5, 5.41) is 0. The average molecular weight is 613 g/mol. The second-order valence-electron chi connectivity index (χ2n) is 24.1. The molecule has 0 amide bonds. The van der Waals surface area contributed by atoms with E-state index in [9.17, 15) is 0 Å². The minimum atomic E-state index is -1.06. The van der Waals surface area contributed by atoms with Gasteiger partial charge in [0.2, 0.25) is 0 Å². The first-order valence-electron chi connectivity index (χ1n) is 19.8. The van der Waals surface area contributed by atoms with Crippen LogP contribution in [0.25, 0.3) is 0 Å². The van der Waals surface area contributed by atoms with Gasteiger partial charge < -0.3 is 0 Å². The zero-order valence-electron chi connectivity index (χ0n) is 33.0. The van der Waals surface area contributed by atoms with Crippen LogP contribution >= 0.6 is 0 Å². The number of fused-ring (bicyclic) bond motifs is 9. The van der Waals surface area contributed by atoms with Crippen molar-refractivity contribution >= 4 is 0 Å². The number of alkyl halides is 1. The quantitative estimate of drug-likeness (QED) is 0.255. The van der Waals surface area contributed by atoms with Crippen LogP contribution in [0.3, 0.4) is 0 Å². The molecule has 0 aromatic carbocycles. The normalized spacial score (nSPS) is 89.5. The highest BCUT2D eigenvalue weighted by molar-refractivity contribution is 5.92. The number of halogens is 1. The summed E-state index contributed by atoms with van der Waals surface area (Å²) in [7, 11) is 0. The van der Waals surface area contributed by atoms with Gasteiger partial charge in [-0.05, 0) is 93.1 Å². The van der Waals surface area contributed by atoms with Gasteiger partial charge in [0.15, 0.2) is 0 Å². The minimum Gasteiger partial charge on any atom is -0.242 e.